The molecule has 0 spiro atoms. The summed E-state index contributed by atoms with van der Waals surface area (Å²) in [6.07, 6.45) is 1.30. The van der Waals surface area contributed by atoms with Crippen LogP contribution < -0.4 is 10.6 Å². The third-order valence-corrected chi connectivity index (χ3v) is 6.05. The van der Waals surface area contributed by atoms with Gasteiger partial charge < -0.3 is 20.4 Å². The normalized spacial score (nSPS) is 16.3. The zero-order valence-corrected chi connectivity index (χ0v) is 17.1. The second-order valence-corrected chi connectivity index (χ2v) is 8.33. The molecule has 0 aliphatic carbocycles. The van der Waals surface area contributed by atoms with E-state index in [4.69, 9.17) is 0 Å². The highest BCUT2D eigenvalue weighted by Gasteiger charge is 2.28. The molecule has 3 heterocycles. The van der Waals surface area contributed by atoms with Gasteiger partial charge in [0.05, 0.1) is 6.04 Å². The fourth-order valence-electron chi connectivity index (χ4n) is 3.14. The van der Waals surface area contributed by atoms with E-state index < -0.39 is 0 Å². The highest BCUT2D eigenvalue weighted by atomic mass is 32.1. The summed E-state index contributed by atoms with van der Waals surface area (Å²) in [6.45, 7) is 1.70. The van der Waals surface area contributed by atoms with Gasteiger partial charge in [0.1, 0.15) is 5.51 Å². The number of nitrogens with zero attached hydrogens (tertiary/aromatic N) is 4. The van der Waals surface area contributed by atoms with Crippen molar-refractivity contribution in [3.8, 4) is 0 Å². The van der Waals surface area contributed by atoms with Crippen molar-refractivity contribution in [1.82, 2.24) is 25.3 Å². The molecule has 3 amide bonds. The van der Waals surface area contributed by atoms with E-state index in [1.807, 2.05) is 19.5 Å². The number of hydrogen-bond acceptors (Lipinski definition) is 7. The van der Waals surface area contributed by atoms with Crippen LogP contribution in [0.4, 0.5) is 9.93 Å². The van der Waals surface area contributed by atoms with Gasteiger partial charge in [0, 0.05) is 25.6 Å². The Kier molecular flexibility index (Phi) is 6.75. The lowest BCUT2D eigenvalue weighted by Gasteiger charge is -2.32. The van der Waals surface area contributed by atoms with E-state index in [1.54, 1.807) is 21.7 Å². The highest BCUT2D eigenvalue weighted by molar-refractivity contribution is 7.13. The first-order valence-electron chi connectivity index (χ1n) is 8.83. The minimum Gasteiger partial charge on any atom is -0.336 e. The Morgan fingerprint density at radius 1 is 1.37 bits per heavy atom. The van der Waals surface area contributed by atoms with E-state index in [2.05, 4.69) is 37.2 Å². The van der Waals surface area contributed by atoms with Gasteiger partial charge in [0.2, 0.25) is 11.0 Å². The molecule has 8 nitrogen and oxygen atoms in total. The molecular formula is C17H24N6O2S2. The van der Waals surface area contributed by atoms with E-state index in [0.29, 0.717) is 37.6 Å². The summed E-state index contributed by atoms with van der Waals surface area (Å²) in [5.74, 6) is -0.143. The summed E-state index contributed by atoms with van der Waals surface area (Å²) >= 11 is 2.96. The Labute approximate surface area is 166 Å². The van der Waals surface area contributed by atoms with Gasteiger partial charge in [-0.2, -0.15) is 11.3 Å². The second-order valence-electron chi connectivity index (χ2n) is 6.72. The van der Waals surface area contributed by atoms with Crippen LogP contribution in [-0.2, 0) is 4.79 Å². The largest absolute Gasteiger partial charge is 0.336 e. The molecule has 1 aliphatic rings. The number of aromatic nitrogens is 2. The Bertz CT molecular complexity index is 727. The van der Waals surface area contributed by atoms with Crippen molar-refractivity contribution in [2.24, 2.45) is 5.92 Å². The van der Waals surface area contributed by atoms with Gasteiger partial charge >= 0.3 is 6.03 Å². The topological polar surface area (TPSA) is 90.5 Å². The van der Waals surface area contributed by atoms with Gasteiger partial charge in [-0.15, -0.1) is 10.2 Å². The van der Waals surface area contributed by atoms with E-state index in [0.717, 1.165) is 0 Å². The zero-order chi connectivity index (χ0) is 19.2. The van der Waals surface area contributed by atoms with Gasteiger partial charge in [0.15, 0.2) is 0 Å². The molecule has 0 bridgehead atoms. The molecule has 1 saturated heterocycles. The van der Waals surface area contributed by atoms with Gasteiger partial charge in [-0.25, -0.2) is 4.79 Å². The minimum atomic E-state index is -0.0988. The predicted molar refractivity (Wildman–Crippen MR) is 107 cm³/mol. The Hall–Kier alpha value is -2.04. The summed E-state index contributed by atoms with van der Waals surface area (Å²) in [4.78, 5) is 28.7. The van der Waals surface area contributed by atoms with Gasteiger partial charge in [-0.05, 0) is 49.3 Å². The summed E-state index contributed by atoms with van der Waals surface area (Å²) < 4.78 is 0. The number of anilines is 1. The van der Waals surface area contributed by atoms with E-state index >= 15 is 0 Å². The number of likely N-dealkylation sites (N-methyl/N-ethyl adjacent to an activating group) is 1. The molecule has 3 rings (SSSR count). The number of hydrogen-bond donors (Lipinski definition) is 2. The van der Waals surface area contributed by atoms with Crippen molar-refractivity contribution >= 4 is 39.7 Å². The van der Waals surface area contributed by atoms with Crippen molar-refractivity contribution in [1.29, 1.82) is 0 Å². The average molecular weight is 409 g/mol. The lowest BCUT2D eigenvalue weighted by Crippen LogP contribution is -2.47. The first-order valence-corrected chi connectivity index (χ1v) is 10.6. The molecule has 2 N–H and O–H groups in total. The van der Waals surface area contributed by atoms with Crippen molar-refractivity contribution in [2.75, 3.05) is 39.0 Å². The van der Waals surface area contributed by atoms with Crippen LogP contribution in [0.2, 0.25) is 0 Å². The highest BCUT2D eigenvalue weighted by Crippen LogP contribution is 2.22. The smallest absolute Gasteiger partial charge is 0.317 e. The van der Waals surface area contributed by atoms with Crippen LogP contribution in [0, 0.1) is 5.92 Å². The van der Waals surface area contributed by atoms with Crippen LogP contribution in [0.25, 0.3) is 0 Å². The molecule has 2 aromatic rings. The number of carbonyl (C=O) groups is 2. The molecule has 0 saturated carbocycles. The Morgan fingerprint density at radius 3 is 2.74 bits per heavy atom. The minimum absolute atomic E-state index is 0.0445. The molecule has 1 aliphatic heterocycles. The molecule has 0 radical (unpaired) electrons. The Balaban J connectivity index is 1.45. The molecule has 146 valence electrons. The summed E-state index contributed by atoms with van der Waals surface area (Å²) in [5, 5.41) is 18.0. The van der Waals surface area contributed by atoms with Gasteiger partial charge in [-0.1, -0.05) is 11.3 Å². The lowest BCUT2D eigenvalue weighted by atomic mass is 9.96. The van der Waals surface area contributed by atoms with Crippen molar-refractivity contribution in [3.05, 3.63) is 27.9 Å². The molecule has 27 heavy (non-hydrogen) atoms. The summed E-state index contributed by atoms with van der Waals surface area (Å²) in [7, 11) is 4.02. The first kappa shape index (κ1) is 19.7. The maximum atomic E-state index is 12.5. The fourth-order valence-corrected chi connectivity index (χ4v) is 4.29. The van der Waals surface area contributed by atoms with Crippen molar-refractivity contribution in [2.45, 2.75) is 18.9 Å². The lowest BCUT2D eigenvalue weighted by molar-refractivity contribution is -0.121. The predicted octanol–water partition coefficient (Wildman–Crippen LogP) is 2.26. The van der Waals surface area contributed by atoms with E-state index in [-0.39, 0.29) is 23.9 Å². The SMILES string of the molecule is CN(C)C(CNC(=O)N1CCC(C(=O)Nc2nncs2)CC1)c1ccsc1. The standard InChI is InChI=1S/C17H24N6O2S2/c1-22(2)14(13-5-8-26-10-13)9-18-17(25)23-6-3-12(4-7-23)15(24)20-16-21-19-11-27-16/h5,8,10-12,14H,3-4,6-7,9H2,1-2H3,(H,18,25)(H,20,21,24). The second kappa shape index (κ2) is 9.25. The molecule has 0 aromatic carbocycles. The fraction of sp³-hybridized carbons (Fsp3) is 0.529. The number of nitrogens with one attached hydrogen (secondary N) is 2. The summed E-state index contributed by atoms with van der Waals surface area (Å²) in [6, 6.07) is 2.17. The molecule has 10 heteroatoms. The number of likely N-dealkylation sites (tertiary alicyclic amines) is 1. The maximum Gasteiger partial charge on any atom is 0.317 e. The summed E-state index contributed by atoms with van der Waals surface area (Å²) in [5.41, 5.74) is 2.79. The van der Waals surface area contributed by atoms with Crippen molar-refractivity contribution in [3.63, 3.8) is 0 Å². The zero-order valence-electron chi connectivity index (χ0n) is 15.4. The number of urea groups is 1. The van der Waals surface area contributed by atoms with Crippen LogP contribution in [0.3, 0.4) is 0 Å². The van der Waals surface area contributed by atoms with Gasteiger partial charge in [-0.3, -0.25) is 4.79 Å². The van der Waals surface area contributed by atoms with Crippen LogP contribution in [0.15, 0.2) is 22.3 Å². The molecule has 1 unspecified atom stereocenters. The molecule has 1 fully saturated rings. The number of thiophene rings is 1. The number of amides is 3. The molecular weight excluding hydrogens is 384 g/mol. The van der Waals surface area contributed by atoms with E-state index in [1.165, 1.54) is 16.9 Å². The number of rotatable bonds is 6. The molecule has 1 atom stereocenters. The molecule has 2 aromatic heterocycles. The number of carbonyl (C=O) groups excluding carboxylic acids is 2. The number of piperidine rings is 1. The van der Waals surface area contributed by atoms with Crippen LogP contribution in [-0.4, -0.2) is 65.7 Å². The van der Waals surface area contributed by atoms with E-state index in [9.17, 15) is 9.59 Å². The third-order valence-electron chi connectivity index (χ3n) is 4.74. The van der Waals surface area contributed by atoms with Crippen LogP contribution in [0.1, 0.15) is 24.4 Å². The third kappa shape index (κ3) is 5.24. The Morgan fingerprint density at radius 2 is 2.15 bits per heavy atom. The first-order chi connectivity index (χ1) is 13.0. The van der Waals surface area contributed by atoms with Gasteiger partial charge in [0.25, 0.3) is 0 Å². The monoisotopic (exact) mass is 408 g/mol. The van der Waals surface area contributed by atoms with Crippen LogP contribution >= 0.6 is 22.7 Å². The quantitative estimate of drug-likeness (QED) is 0.765. The van der Waals surface area contributed by atoms with Crippen LogP contribution in [0.5, 0.6) is 0 Å². The van der Waals surface area contributed by atoms with Crippen molar-refractivity contribution < 1.29 is 9.59 Å². The average Bonchev–Trinajstić information content (AvgIpc) is 3.36. The maximum absolute atomic E-state index is 12.5.